The number of nitrogens with one attached hydrogen (secondary N) is 1. The fourth-order valence-electron chi connectivity index (χ4n) is 4.48. The van der Waals surface area contributed by atoms with E-state index < -0.39 is 0 Å². The number of hydrogen-bond donors (Lipinski definition) is 1. The largest absolute Gasteiger partial charge is 0.309 e. The molecule has 2 heteroatoms. The van der Waals surface area contributed by atoms with Crippen molar-refractivity contribution in [2.75, 3.05) is 0 Å². The molecule has 118 valence electrons. The van der Waals surface area contributed by atoms with Crippen LogP contribution in [0.5, 0.6) is 0 Å². The third-order valence-electron chi connectivity index (χ3n) is 5.68. The summed E-state index contributed by atoms with van der Waals surface area (Å²) in [5.74, 6) is 1.98. The van der Waals surface area contributed by atoms with Crippen molar-refractivity contribution in [2.24, 2.45) is 11.8 Å². The van der Waals surface area contributed by atoms with Crippen molar-refractivity contribution in [1.82, 2.24) is 5.32 Å². The lowest BCUT2D eigenvalue weighted by molar-refractivity contribution is 0.149. The summed E-state index contributed by atoms with van der Waals surface area (Å²) < 4.78 is 0. The molecule has 1 aromatic heterocycles. The highest BCUT2D eigenvalue weighted by atomic mass is 32.1. The van der Waals surface area contributed by atoms with Gasteiger partial charge >= 0.3 is 0 Å². The third kappa shape index (κ3) is 4.10. The Bertz CT molecular complexity index is 419. The van der Waals surface area contributed by atoms with Crippen molar-refractivity contribution in [3.05, 3.63) is 21.9 Å². The van der Waals surface area contributed by atoms with Gasteiger partial charge in [-0.25, -0.2) is 0 Å². The molecule has 0 bridgehead atoms. The third-order valence-corrected chi connectivity index (χ3v) is 6.91. The molecule has 1 aromatic rings. The topological polar surface area (TPSA) is 12.0 Å². The van der Waals surface area contributed by atoms with Crippen molar-refractivity contribution in [2.45, 2.75) is 83.7 Å². The standard InChI is InChI=1S/C19H31NS/c1-2-16-12-13-17(21-16)14-20-19-11-7-6-10-18(19)15-8-4-3-5-9-15/h12-13,15,18-20H,2-11,14H2,1H3. The monoisotopic (exact) mass is 305 g/mol. The van der Waals surface area contributed by atoms with Gasteiger partial charge in [-0.15, -0.1) is 11.3 Å². The van der Waals surface area contributed by atoms with E-state index in [1.807, 2.05) is 11.3 Å². The molecule has 2 aliphatic rings. The van der Waals surface area contributed by atoms with Crippen molar-refractivity contribution >= 4 is 11.3 Å². The van der Waals surface area contributed by atoms with E-state index in [4.69, 9.17) is 0 Å². The number of hydrogen-bond acceptors (Lipinski definition) is 2. The van der Waals surface area contributed by atoms with Crippen LogP contribution >= 0.6 is 11.3 Å². The molecule has 21 heavy (non-hydrogen) atoms. The molecule has 2 aliphatic carbocycles. The maximum atomic E-state index is 3.93. The van der Waals surface area contributed by atoms with Gasteiger partial charge in [0.2, 0.25) is 0 Å². The summed E-state index contributed by atoms with van der Waals surface area (Å²) in [7, 11) is 0. The first-order valence-corrected chi connectivity index (χ1v) is 9.99. The van der Waals surface area contributed by atoms with Crippen LogP contribution in [-0.4, -0.2) is 6.04 Å². The molecule has 0 aliphatic heterocycles. The Morgan fingerprint density at radius 1 is 0.952 bits per heavy atom. The molecular formula is C19H31NS. The average Bonchev–Trinajstić information content (AvgIpc) is 3.02. The summed E-state index contributed by atoms with van der Waals surface area (Å²) in [6, 6.07) is 5.42. The predicted octanol–water partition coefficient (Wildman–Crippen LogP) is 5.54. The fourth-order valence-corrected chi connectivity index (χ4v) is 5.39. The quantitative estimate of drug-likeness (QED) is 0.753. The average molecular weight is 306 g/mol. The molecule has 1 heterocycles. The molecule has 2 unspecified atom stereocenters. The van der Waals surface area contributed by atoms with Crippen LogP contribution in [0.1, 0.15) is 74.5 Å². The van der Waals surface area contributed by atoms with Crippen LogP contribution in [0.2, 0.25) is 0 Å². The lowest BCUT2D eigenvalue weighted by Crippen LogP contribution is -2.42. The van der Waals surface area contributed by atoms with Gasteiger partial charge in [-0.2, -0.15) is 0 Å². The maximum Gasteiger partial charge on any atom is 0.0302 e. The van der Waals surface area contributed by atoms with Gasteiger partial charge < -0.3 is 5.32 Å². The smallest absolute Gasteiger partial charge is 0.0302 e. The van der Waals surface area contributed by atoms with Crippen LogP contribution in [0, 0.1) is 11.8 Å². The molecule has 0 amide bonds. The summed E-state index contributed by atoms with van der Waals surface area (Å²) in [5.41, 5.74) is 0. The number of rotatable bonds is 5. The van der Waals surface area contributed by atoms with E-state index >= 15 is 0 Å². The number of thiophene rings is 1. The fraction of sp³-hybridized carbons (Fsp3) is 0.789. The summed E-state index contributed by atoms with van der Waals surface area (Å²) in [6.07, 6.45) is 14.4. The first kappa shape index (κ1) is 15.6. The molecule has 2 fully saturated rings. The first-order valence-electron chi connectivity index (χ1n) is 9.18. The van der Waals surface area contributed by atoms with Gasteiger partial charge in [-0.1, -0.05) is 51.9 Å². The second-order valence-electron chi connectivity index (χ2n) is 7.06. The van der Waals surface area contributed by atoms with Crippen LogP contribution in [0.3, 0.4) is 0 Å². The second-order valence-corrected chi connectivity index (χ2v) is 8.31. The van der Waals surface area contributed by atoms with E-state index in [0.29, 0.717) is 0 Å². The minimum Gasteiger partial charge on any atom is -0.309 e. The normalized spacial score (nSPS) is 27.9. The highest BCUT2D eigenvalue weighted by molar-refractivity contribution is 7.11. The minimum atomic E-state index is 0.786. The highest BCUT2D eigenvalue weighted by Gasteiger charge is 2.32. The molecule has 0 aromatic carbocycles. The molecule has 0 radical (unpaired) electrons. The molecule has 0 spiro atoms. The molecule has 1 nitrogen and oxygen atoms in total. The zero-order valence-corrected chi connectivity index (χ0v) is 14.4. The van der Waals surface area contributed by atoms with Crippen LogP contribution in [-0.2, 0) is 13.0 Å². The van der Waals surface area contributed by atoms with Crippen LogP contribution < -0.4 is 5.32 Å². The summed E-state index contributed by atoms with van der Waals surface area (Å²) in [4.78, 5) is 3.05. The van der Waals surface area contributed by atoms with Gasteiger partial charge in [0, 0.05) is 22.3 Å². The van der Waals surface area contributed by atoms with Gasteiger partial charge in [0.1, 0.15) is 0 Å². The van der Waals surface area contributed by atoms with Crippen LogP contribution in [0.4, 0.5) is 0 Å². The SMILES string of the molecule is CCc1ccc(CNC2CCCCC2C2CCCCC2)s1. The van der Waals surface area contributed by atoms with E-state index in [1.54, 1.807) is 0 Å². The molecule has 2 atom stereocenters. The molecule has 1 N–H and O–H groups in total. The Labute approximate surface area is 134 Å². The number of aryl methyl sites for hydroxylation is 1. The van der Waals surface area contributed by atoms with E-state index in [0.717, 1.165) is 24.4 Å². The molecule has 0 saturated heterocycles. The highest BCUT2D eigenvalue weighted by Crippen LogP contribution is 2.38. The van der Waals surface area contributed by atoms with E-state index in [2.05, 4.69) is 24.4 Å². The Morgan fingerprint density at radius 3 is 2.43 bits per heavy atom. The maximum absolute atomic E-state index is 3.93. The van der Waals surface area contributed by atoms with E-state index in [9.17, 15) is 0 Å². The molecule has 2 saturated carbocycles. The van der Waals surface area contributed by atoms with Gasteiger partial charge in [-0.3, -0.25) is 0 Å². The van der Waals surface area contributed by atoms with E-state index in [1.165, 1.54) is 74.0 Å². The zero-order chi connectivity index (χ0) is 14.5. The van der Waals surface area contributed by atoms with Crippen LogP contribution in [0.15, 0.2) is 12.1 Å². The van der Waals surface area contributed by atoms with Crippen molar-refractivity contribution in [3.63, 3.8) is 0 Å². The Morgan fingerprint density at radius 2 is 1.67 bits per heavy atom. The van der Waals surface area contributed by atoms with Gasteiger partial charge in [0.15, 0.2) is 0 Å². The van der Waals surface area contributed by atoms with Crippen molar-refractivity contribution in [3.8, 4) is 0 Å². The Hall–Kier alpha value is -0.340. The first-order chi connectivity index (χ1) is 10.4. The Balaban J connectivity index is 1.56. The minimum absolute atomic E-state index is 0.786. The summed E-state index contributed by atoms with van der Waals surface area (Å²) in [5, 5.41) is 3.93. The summed E-state index contributed by atoms with van der Waals surface area (Å²) in [6.45, 7) is 3.35. The van der Waals surface area contributed by atoms with Crippen molar-refractivity contribution in [1.29, 1.82) is 0 Å². The molecular weight excluding hydrogens is 274 g/mol. The lowest BCUT2D eigenvalue weighted by Gasteiger charge is -2.39. The molecule has 3 rings (SSSR count). The van der Waals surface area contributed by atoms with Gasteiger partial charge in [-0.05, 0) is 43.2 Å². The van der Waals surface area contributed by atoms with Crippen molar-refractivity contribution < 1.29 is 0 Å². The van der Waals surface area contributed by atoms with Crippen LogP contribution in [0.25, 0.3) is 0 Å². The second kappa shape index (κ2) is 7.78. The van der Waals surface area contributed by atoms with Gasteiger partial charge in [0.05, 0.1) is 0 Å². The van der Waals surface area contributed by atoms with Gasteiger partial charge in [0.25, 0.3) is 0 Å². The Kier molecular flexibility index (Phi) is 5.76. The van der Waals surface area contributed by atoms with E-state index in [-0.39, 0.29) is 0 Å². The summed E-state index contributed by atoms with van der Waals surface area (Å²) >= 11 is 2.00. The zero-order valence-electron chi connectivity index (χ0n) is 13.6. The predicted molar refractivity (Wildman–Crippen MR) is 92.9 cm³/mol. The lowest BCUT2D eigenvalue weighted by atomic mass is 9.71.